The maximum Gasteiger partial charge on any atom is 0.266 e. The first-order valence-electron chi connectivity index (χ1n) is 17.7. The molecule has 3 atom stereocenters. The minimum Gasteiger partial charge on any atom is -0.495 e. The molecule has 1 fully saturated rings. The lowest BCUT2D eigenvalue weighted by molar-refractivity contribution is -0.136. The molecule has 0 aliphatic carbocycles. The number of imide groups is 2. The fraction of sp³-hybridized carbons (Fsp3) is 0.282. The smallest absolute Gasteiger partial charge is 0.266 e. The summed E-state index contributed by atoms with van der Waals surface area (Å²) in [5.74, 6) is -2.40. The average molecular weight is 767 g/mol. The minimum absolute atomic E-state index is 0.0251. The van der Waals surface area contributed by atoms with E-state index in [0.717, 1.165) is 4.90 Å². The van der Waals surface area contributed by atoms with E-state index in [1.54, 1.807) is 61.6 Å². The van der Waals surface area contributed by atoms with E-state index in [1.165, 1.54) is 22.4 Å². The Morgan fingerprint density at radius 2 is 1.78 bits per heavy atom. The van der Waals surface area contributed by atoms with Gasteiger partial charge in [-0.05, 0) is 80.3 Å². The molecule has 3 aliphatic heterocycles. The molecule has 0 radical (unpaired) electrons. The normalized spacial score (nSPS) is 17.3. The third kappa shape index (κ3) is 6.78. The van der Waals surface area contributed by atoms with Crippen molar-refractivity contribution in [2.45, 2.75) is 51.1 Å². The molecule has 3 unspecified atom stereocenters. The summed E-state index contributed by atoms with van der Waals surface area (Å²) >= 11 is -2.50. The van der Waals surface area contributed by atoms with Gasteiger partial charge < -0.3 is 20.3 Å². The Bertz CT molecular complexity index is 2330. The van der Waals surface area contributed by atoms with E-state index in [1.807, 2.05) is 13.0 Å². The SMILES string of the molecule is COc1ccccc1N(c1ccc2c3c(cc(CCC(=O)NCCC(C)Nc4cccc5c4C(=O)N(C4CCC(=O)NC4=O)C5=O)cc13)C(=O)N2C)S(=O)O. The van der Waals surface area contributed by atoms with Crippen molar-refractivity contribution >= 4 is 80.2 Å². The number of para-hydroxylation sites is 2. The van der Waals surface area contributed by atoms with Gasteiger partial charge in [0.1, 0.15) is 11.8 Å². The highest BCUT2D eigenvalue weighted by Gasteiger charge is 2.45. The number of hydrogen-bond acceptors (Lipinski definition) is 9. The van der Waals surface area contributed by atoms with Gasteiger partial charge in [0.25, 0.3) is 29.0 Å². The lowest BCUT2D eigenvalue weighted by Gasteiger charge is -2.28. The van der Waals surface area contributed by atoms with Gasteiger partial charge in [0.15, 0.2) is 0 Å². The van der Waals surface area contributed by atoms with Crippen molar-refractivity contribution in [3.05, 3.63) is 89.0 Å². The predicted octanol–water partition coefficient (Wildman–Crippen LogP) is 4.05. The number of ether oxygens (including phenoxy) is 1. The Balaban J connectivity index is 1.01. The Morgan fingerprint density at radius 3 is 2.53 bits per heavy atom. The second-order valence-corrected chi connectivity index (χ2v) is 14.4. The van der Waals surface area contributed by atoms with Crippen LogP contribution < -0.4 is 29.9 Å². The molecule has 1 saturated heterocycles. The van der Waals surface area contributed by atoms with E-state index in [4.69, 9.17) is 4.74 Å². The summed E-state index contributed by atoms with van der Waals surface area (Å²) in [7, 11) is 3.14. The molecule has 4 aromatic rings. The Morgan fingerprint density at radius 1 is 1.00 bits per heavy atom. The third-order valence-corrected chi connectivity index (χ3v) is 10.8. The Labute approximate surface area is 318 Å². The molecule has 16 heteroatoms. The zero-order valence-corrected chi connectivity index (χ0v) is 31.0. The minimum atomic E-state index is -2.50. The van der Waals surface area contributed by atoms with Crippen molar-refractivity contribution in [2.75, 3.05) is 35.2 Å². The van der Waals surface area contributed by atoms with Crippen LogP contribution in [0.2, 0.25) is 0 Å². The van der Waals surface area contributed by atoms with E-state index in [-0.39, 0.29) is 54.7 Å². The molecular weight excluding hydrogens is 729 g/mol. The van der Waals surface area contributed by atoms with Crippen LogP contribution in [-0.2, 0) is 32.1 Å². The third-order valence-electron chi connectivity index (χ3n) is 10.1. The molecule has 3 aliphatic rings. The molecule has 284 valence electrons. The Hall–Kier alpha value is -6.13. The van der Waals surface area contributed by atoms with Crippen LogP contribution in [0.5, 0.6) is 5.75 Å². The second-order valence-electron chi connectivity index (χ2n) is 13.6. The van der Waals surface area contributed by atoms with Crippen molar-refractivity contribution in [2.24, 2.45) is 0 Å². The van der Waals surface area contributed by atoms with Crippen LogP contribution in [0.1, 0.15) is 69.2 Å². The summed E-state index contributed by atoms with van der Waals surface area (Å²) in [6.07, 6.45) is 0.946. The van der Waals surface area contributed by atoms with E-state index in [9.17, 15) is 37.5 Å². The number of amides is 6. The fourth-order valence-electron chi connectivity index (χ4n) is 7.41. The van der Waals surface area contributed by atoms with Crippen molar-refractivity contribution in [3.8, 4) is 5.75 Å². The maximum atomic E-state index is 13.4. The number of carbonyl (C=O) groups excluding carboxylic acids is 6. The van der Waals surface area contributed by atoms with Crippen LogP contribution in [0, 0.1) is 0 Å². The number of carbonyl (C=O) groups is 6. The van der Waals surface area contributed by atoms with Gasteiger partial charge in [-0.15, -0.1) is 0 Å². The zero-order chi connectivity index (χ0) is 39.1. The largest absolute Gasteiger partial charge is 0.495 e. The molecule has 0 spiro atoms. The van der Waals surface area contributed by atoms with Gasteiger partial charge in [-0.2, -0.15) is 0 Å². The highest BCUT2D eigenvalue weighted by atomic mass is 32.2. The van der Waals surface area contributed by atoms with Crippen LogP contribution in [-0.4, -0.2) is 81.9 Å². The van der Waals surface area contributed by atoms with Gasteiger partial charge in [-0.25, -0.2) is 8.51 Å². The molecule has 3 heterocycles. The monoisotopic (exact) mass is 766 g/mol. The summed E-state index contributed by atoms with van der Waals surface area (Å²) in [5.41, 5.74) is 3.29. The molecule has 6 amide bonds. The van der Waals surface area contributed by atoms with Crippen molar-refractivity contribution < 1.29 is 42.3 Å². The lowest BCUT2D eigenvalue weighted by atomic mass is 9.97. The number of rotatable bonds is 13. The number of fused-ring (bicyclic) bond motifs is 1. The van der Waals surface area contributed by atoms with E-state index < -0.39 is 40.9 Å². The standard InChI is InChI=1S/C39H38N6O9S/c1-21(41-26-8-6-7-23-35(26)39(51)44(38(23)50)30-14-16-33(47)42-36(30)48)17-18-40-32(46)15-11-22-19-24-27(12-13-29-34(24)25(20-22)37(49)43(29)2)45(55(52)53)28-9-4-5-10-31(28)54-3/h4-10,12-13,19-21,30,41H,11,14-18H2,1-3H3,(H,40,46)(H,52,53)(H,42,47,48). The summed E-state index contributed by atoms with van der Waals surface area (Å²) in [5, 5.41) is 9.58. The first-order chi connectivity index (χ1) is 26.4. The number of methoxy groups -OCH3 is 1. The molecule has 4 N–H and O–H groups in total. The van der Waals surface area contributed by atoms with Crippen molar-refractivity contribution in [1.82, 2.24) is 15.5 Å². The first-order valence-corrected chi connectivity index (χ1v) is 18.8. The number of piperidine rings is 1. The van der Waals surface area contributed by atoms with Crippen LogP contribution in [0.4, 0.5) is 22.7 Å². The van der Waals surface area contributed by atoms with Crippen LogP contribution >= 0.6 is 0 Å². The maximum absolute atomic E-state index is 13.4. The number of hydrogen-bond donors (Lipinski definition) is 4. The number of nitrogens with one attached hydrogen (secondary N) is 3. The molecule has 7 rings (SSSR count). The fourth-order valence-corrected chi connectivity index (χ4v) is 8.06. The van der Waals surface area contributed by atoms with Crippen LogP contribution in [0.15, 0.2) is 66.7 Å². The van der Waals surface area contributed by atoms with Gasteiger partial charge in [0.2, 0.25) is 17.7 Å². The van der Waals surface area contributed by atoms with Gasteiger partial charge in [-0.3, -0.25) is 43.5 Å². The van der Waals surface area contributed by atoms with E-state index in [0.29, 0.717) is 63.4 Å². The summed E-state index contributed by atoms with van der Waals surface area (Å²) in [6, 6.07) is 17.4. The molecule has 4 aromatic carbocycles. The van der Waals surface area contributed by atoms with Gasteiger partial charge >= 0.3 is 0 Å². The van der Waals surface area contributed by atoms with Crippen molar-refractivity contribution in [1.29, 1.82) is 0 Å². The number of aryl methyl sites for hydroxylation is 1. The van der Waals surface area contributed by atoms with Gasteiger partial charge in [-0.1, -0.05) is 18.2 Å². The topological polar surface area (TPSA) is 195 Å². The van der Waals surface area contributed by atoms with E-state index in [2.05, 4.69) is 16.0 Å². The first kappa shape index (κ1) is 37.2. The zero-order valence-electron chi connectivity index (χ0n) is 30.2. The second kappa shape index (κ2) is 14.9. The number of nitrogens with zero attached hydrogens (tertiary/aromatic N) is 3. The molecule has 0 aromatic heterocycles. The van der Waals surface area contributed by atoms with Crippen LogP contribution in [0.25, 0.3) is 10.8 Å². The number of anilines is 4. The molecule has 0 saturated carbocycles. The quantitative estimate of drug-likeness (QED) is 0.114. The molecule has 15 nitrogen and oxygen atoms in total. The summed E-state index contributed by atoms with van der Waals surface area (Å²) < 4.78 is 30.1. The van der Waals surface area contributed by atoms with Gasteiger partial charge in [0.05, 0.1) is 40.9 Å². The van der Waals surface area contributed by atoms with Gasteiger partial charge in [0, 0.05) is 48.9 Å². The Kier molecular flexibility index (Phi) is 10.1. The summed E-state index contributed by atoms with van der Waals surface area (Å²) in [4.78, 5) is 79.5. The highest BCUT2D eigenvalue weighted by Crippen LogP contribution is 2.45. The predicted molar refractivity (Wildman–Crippen MR) is 205 cm³/mol. The van der Waals surface area contributed by atoms with E-state index >= 15 is 0 Å². The highest BCUT2D eigenvalue weighted by molar-refractivity contribution is 7.81. The summed E-state index contributed by atoms with van der Waals surface area (Å²) in [6.45, 7) is 2.17. The number of benzene rings is 4. The molecule has 0 bridgehead atoms. The average Bonchev–Trinajstić information content (AvgIpc) is 3.56. The lowest BCUT2D eigenvalue weighted by Crippen LogP contribution is -2.54. The molecule has 55 heavy (non-hydrogen) atoms. The van der Waals surface area contributed by atoms with Crippen LogP contribution in [0.3, 0.4) is 0 Å². The van der Waals surface area contributed by atoms with Crippen molar-refractivity contribution in [3.63, 3.8) is 0 Å². The molecular formula is C39H38N6O9S.